The monoisotopic (exact) mass is 332 g/mol. The molecule has 0 aliphatic carbocycles. The normalized spacial score (nSPS) is 13.1. The summed E-state index contributed by atoms with van der Waals surface area (Å²) in [6.45, 7) is 3.03. The summed E-state index contributed by atoms with van der Waals surface area (Å²) in [4.78, 5) is 12.5. The molecule has 0 amide bonds. The summed E-state index contributed by atoms with van der Waals surface area (Å²) in [5.41, 5.74) is 2.37. The van der Waals surface area contributed by atoms with Crippen LogP contribution in [0.3, 0.4) is 0 Å². The van der Waals surface area contributed by atoms with E-state index in [2.05, 4.69) is 15.9 Å². The van der Waals surface area contributed by atoms with Gasteiger partial charge in [-0.05, 0) is 35.0 Å². The fourth-order valence-corrected chi connectivity index (χ4v) is 2.60. The van der Waals surface area contributed by atoms with Crippen LogP contribution in [0.5, 0.6) is 11.5 Å². The Bertz CT molecular complexity index is 662. The van der Waals surface area contributed by atoms with Crippen LogP contribution in [0.4, 0.5) is 0 Å². The second-order valence-corrected chi connectivity index (χ2v) is 5.53. The molecular weight excluding hydrogens is 320 g/mol. The Morgan fingerprint density at radius 3 is 2.30 bits per heavy atom. The third kappa shape index (κ3) is 2.43. The second-order valence-electron chi connectivity index (χ2n) is 4.67. The summed E-state index contributed by atoms with van der Waals surface area (Å²) in [5, 5.41) is 0. The van der Waals surface area contributed by atoms with E-state index in [0.717, 1.165) is 5.56 Å². The highest BCUT2D eigenvalue weighted by molar-refractivity contribution is 9.10. The largest absolute Gasteiger partial charge is 0.486 e. The molecule has 0 bridgehead atoms. The third-order valence-corrected chi connectivity index (χ3v) is 3.85. The maximum absolute atomic E-state index is 12.5. The van der Waals surface area contributed by atoms with Crippen LogP contribution in [0.25, 0.3) is 0 Å². The quantitative estimate of drug-likeness (QED) is 0.785. The predicted octanol–water partition coefficient (Wildman–Crippen LogP) is 3.76. The molecule has 4 heteroatoms. The molecule has 2 aromatic rings. The van der Waals surface area contributed by atoms with Crippen molar-refractivity contribution in [3.05, 3.63) is 57.6 Å². The SMILES string of the molecule is Cc1ccc(C(=O)c2cc3c(cc2Br)OCCO3)cc1. The van der Waals surface area contributed by atoms with Crippen molar-refractivity contribution in [1.29, 1.82) is 0 Å². The lowest BCUT2D eigenvalue weighted by Crippen LogP contribution is -2.16. The Morgan fingerprint density at radius 2 is 1.65 bits per heavy atom. The van der Waals surface area contributed by atoms with E-state index in [1.807, 2.05) is 31.2 Å². The number of fused-ring (bicyclic) bond motifs is 1. The van der Waals surface area contributed by atoms with Crippen LogP contribution in [0.2, 0.25) is 0 Å². The van der Waals surface area contributed by atoms with Crippen molar-refractivity contribution < 1.29 is 14.3 Å². The zero-order valence-corrected chi connectivity index (χ0v) is 12.6. The van der Waals surface area contributed by atoms with Crippen LogP contribution in [0.15, 0.2) is 40.9 Å². The van der Waals surface area contributed by atoms with E-state index in [4.69, 9.17) is 9.47 Å². The van der Waals surface area contributed by atoms with Gasteiger partial charge in [-0.1, -0.05) is 29.8 Å². The number of benzene rings is 2. The van der Waals surface area contributed by atoms with Gasteiger partial charge in [-0.25, -0.2) is 0 Å². The first kappa shape index (κ1) is 13.2. The first-order valence-corrected chi connectivity index (χ1v) is 7.15. The van der Waals surface area contributed by atoms with Crippen LogP contribution < -0.4 is 9.47 Å². The number of rotatable bonds is 2. The van der Waals surface area contributed by atoms with Gasteiger partial charge in [-0.3, -0.25) is 4.79 Å². The first-order valence-electron chi connectivity index (χ1n) is 6.35. The van der Waals surface area contributed by atoms with Crippen LogP contribution >= 0.6 is 15.9 Å². The summed E-state index contributed by atoms with van der Waals surface area (Å²) >= 11 is 3.43. The van der Waals surface area contributed by atoms with Gasteiger partial charge >= 0.3 is 0 Å². The molecule has 1 heterocycles. The molecule has 0 fully saturated rings. The standard InChI is InChI=1S/C16H13BrO3/c1-10-2-4-11(5-3-10)16(18)12-8-14-15(9-13(12)17)20-7-6-19-14/h2-5,8-9H,6-7H2,1H3. The highest BCUT2D eigenvalue weighted by Gasteiger charge is 2.19. The minimum atomic E-state index is -0.0335. The number of carbonyl (C=O) groups is 1. The molecule has 0 saturated carbocycles. The summed E-state index contributed by atoms with van der Waals surface area (Å²) in [6.07, 6.45) is 0. The number of aryl methyl sites for hydroxylation is 1. The Hall–Kier alpha value is -1.81. The minimum Gasteiger partial charge on any atom is -0.486 e. The molecule has 3 rings (SSSR count). The average molecular weight is 333 g/mol. The molecule has 0 atom stereocenters. The average Bonchev–Trinajstić information content (AvgIpc) is 2.46. The fraction of sp³-hybridized carbons (Fsp3) is 0.188. The van der Waals surface area contributed by atoms with Gasteiger partial charge < -0.3 is 9.47 Å². The fourth-order valence-electron chi connectivity index (χ4n) is 2.10. The first-order chi connectivity index (χ1) is 9.65. The van der Waals surface area contributed by atoms with Crippen molar-refractivity contribution >= 4 is 21.7 Å². The van der Waals surface area contributed by atoms with Gasteiger partial charge in [0.2, 0.25) is 0 Å². The summed E-state index contributed by atoms with van der Waals surface area (Å²) in [7, 11) is 0. The molecule has 2 aromatic carbocycles. The van der Waals surface area contributed by atoms with Gasteiger partial charge in [-0.2, -0.15) is 0 Å². The molecule has 102 valence electrons. The smallest absolute Gasteiger partial charge is 0.194 e. The molecule has 0 radical (unpaired) electrons. The molecule has 0 unspecified atom stereocenters. The maximum Gasteiger partial charge on any atom is 0.194 e. The number of halogens is 1. The van der Waals surface area contributed by atoms with E-state index in [1.165, 1.54) is 0 Å². The van der Waals surface area contributed by atoms with E-state index in [0.29, 0.717) is 40.3 Å². The van der Waals surface area contributed by atoms with E-state index in [-0.39, 0.29) is 5.78 Å². The molecule has 1 aliphatic rings. The Labute approximate surface area is 125 Å². The van der Waals surface area contributed by atoms with E-state index < -0.39 is 0 Å². The number of hydrogen-bond donors (Lipinski definition) is 0. The molecular formula is C16H13BrO3. The number of hydrogen-bond acceptors (Lipinski definition) is 3. The van der Waals surface area contributed by atoms with Gasteiger partial charge in [0.25, 0.3) is 0 Å². The zero-order chi connectivity index (χ0) is 14.1. The lowest BCUT2D eigenvalue weighted by Gasteiger charge is -2.19. The van der Waals surface area contributed by atoms with Crippen LogP contribution in [-0.2, 0) is 0 Å². The molecule has 0 saturated heterocycles. The third-order valence-electron chi connectivity index (χ3n) is 3.19. The molecule has 0 N–H and O–H groups in total. The molecule has 1 aliphatic heterocycles. The second kappa shape index (κ2) is 5.29. The highest BCUT2D eigenvalue weighted by Crippen LogP contribution is 2.36. The van der Waals surface area contributed by atoms with Crippen molar-refractivity contribution in [1.82, 2.24) is 0 Å². The number of carbonyl (C=O) groups excluding carboxylic acids is 1. The molecule has 0 aromatic heterocycles. The Kier molecular flexibility index (Phi) is 3.49. The maximum atomic E-state index is 12.5. The van der Waals surface area contributed by atoms with E-state index >= 15 is 0 Å². The van der Waals surface area contributed by atoms with Crippen LogP contribution in [0.1, 0.15) is 21.5 Å². The summed E-state index contributed by atoms with van der Waals surface area (Å²) < 4.78 is 11.7. The van der Waals surface area contributed by atoms with Crippen LogP contribution in [-0.4, -0.2) is 19.0 Å². The Balaban J connectivity index is 2.01. The highest BCUT2D eigenvalue weighted by atomic mass is 79.9. The molecule has 0 spiro atoms. The van der Waals surface area contributed by atoms with Crippen molar-refractivity contribution in [3.8, 4) is 11.5 Å². The van der Waals surface area contributed by atoms with Crippen molar-refractivity contribution in [2.45, 2.75) is 6.92 Å². The molecule has 3 nitrogen and oxygen atoms in total. The summed E-state index contributed by atoms with van der Waals surface area (Å²) in [5.74, 6) is 1.26. The van der Waals surface area contributed by atoms with Gasteiger partial charge in [0, 0.05) is 15.6 Å². The minimum absolute atomic E-state index is 0.0335. The van der Waals surface area contributed by atoms with Crippen molar-refractivity contribution in [3.63, 3.8) is 0 Å². The number of ketones is 1. The zero-order valence-electron chi connectivity index (χ0n) is 11.0. The van der Waals surface area contributed by atoms with Crippen LogP contribution in [0, 0.1) is 6.92 Å². The van der Waals surface area contributed by atoms with E-state index in [9.17, 15) is 4.79 Å². The lowest BCUT2D eigenvalue weighted by molar-refractivity contribution is 0.103. The van der Waals surface area contributed by atoms with Gasteiger partial charge in [0.05, 0.1) is 0 Å². The lowest BCUT2D eigenvalue weighted by atomic mass is 10.0. The van der Waals surface area contributed by atoms with Gasteiger partial charge in [0.1, 0.15) is 13.2 Å². The Morgan fingerprint density at radius 1 is 1.05 bits per heavy atom. The van der Waals surface area contributed by atoms with Crippen molar-refractivity contribution in [2.75, 3.05) is 13.2 Å². The van der Waals surface area contributed by atoms with Crippen molar-refractivity contribution in [2.24, 2.45) is 0 Å². The number of ether oxygens (including phenoxy) is 2. The van der Waals surface area contributed by atoms with Gasteiger partial charge in [0.15, 0.2) is 17.3 Å². The topological polar surface area (TPSA) is 35.5 Å². The predicted molar refractivity (Wildman–Crippen MR) is 79.7 cm³/mol. The van der Waals surface area contributed by atoms with Gasteiger partial charge in [-0.15, -0.1) is 0 Å². The summed E-state index contributed by atoms with van der Waals surface area (Å²) in [6, 6.07) is 11.1. The van der Waals surface area contributed by atoms with E-state index in [1.54, 1.807) is 12.1 Å². The molecule has 20 heavy (non-hydrogen) atoms.